The Morgan fingerprint density at radius 1 is 0.500 bits per heavy atom. The van der Waals surface area contributed by atoms with Crippen molar-refractivity contribution in [1.29, 1.82) is 10.5 Å². The average Bonchev–Trinajstić information content (AvgIpc) is 3.76. The van der Waals surface area contributed by atoms with Gasteiger partial charge in [0.15, 0.2) is 0 Å². The van der Waals surface area contributed by atoms with E-state index in [4.69, 9.17) is 9.97 Å². The normalized spacial score (nSPS) is 18.0. The number of nitrogens with zero attached hydrogens (tertiary/aromatic N) is 4. The molecule has 4 heteroatoms. The molecule has 4 nitrogen and oxygen atoms in total. The minimum absolute atomic E-state index is 0.460. The number of rotatable bonds is 20. The SMILES string of the molecule is CCCCCc1cc2c(nc1CCCCC)[C@](C#N)(Cc1ccccc1)CC2.CCCCCc1cc2c(nc1CCCCC)[C@](C#N)(Cc1ccccc1)CC2. The van der Waals surface area contributed by atoms with Crippen molar-refractivity contribution in [2.45, 2.75) is 180 Å². The lowest BCUT2D eigenvalue weighted by Crippen LogP contribution is -2.26. The second-order valence-electron chi connectivity index (χ2n) is 16.7. The monoisotopic (exact) mass is 749 g/mol. The first kappa shape index (κ1) is 42.9. The maximum Gasteiger partial charge on any atom is 0.104 e. The van der Waals surface area contributed by atoms with Crippen molar-refractivity contribution in [2.75, 3.05) is 0 Å². The van der Waals surface area contributed by atoms with Crippen LogP contribution in [0, 0.1) is 22.7 Å². The van der Waals surface area contributed by atoms with Gasteiger partial charge in [-0.1, -0.05) is 152 Å². The highest BCUT2D eigenvalue weighted by Gasteiger charge is 2.42. The van der Waals surface area contributed by atoms with Crippen LogP contribution >= 0.6 is 0 Å². The summed E-state index contributed by atoms with van der Waals surface area (Å²) < 4.78 is 0. The highest BCUT2D eigenvalue weighted by atomic mass is 14.8. The van der Waals surface area contributed by atoms with Gasteiger partial charge in [0.05, 0.1) is 23.5 Å². The van der Waals surface area contributed by atoms with Gasteiger partial charge in [-0.3, -0.25) is 9.97 Å². The van der Waals surface area contributed by atoms with Crippen LogP contribution in [0.1, 0.15) is 174 Å². The van der Waals surface area contributed by atoms with Gasteiger partial charge in [-0.15, -0.1) is 0 Å². The van der Waals surface area contributed by atoms with Crippen molar-refractivity contribution in [2.24, 2.45) is 0 Å². The van der Waals surface area contributed by atoms with Gasteiger partial charge in [-0.05, 0) is 123 Å². The smallest absolute Gasteiger partial charge is 0.104 e. The van der Waals surface area contributed by atoms with Gasteiger partial charge in [-0.2, -0.15) is 10.5 Å². The molecule has 296 valence electrons. The Kier molecular flexibility index (Phi) is 16.7. The minimum atomic E-state index is -0.460. The molecule has 0 saturated carbocycles. The van der Waals surface area contributed by atoms with Crippen LogP contribution in [-0.4, -0.2) is 9.97 Å². The summed E-state index contributed by atoms with van der Waals surface area (Å²) in [6, 6.07) is 31.1. The van der Waals surface area contributed by atoms with Crippen LogP contribution in [0.15, 0.2) is 72.8 Å². The van der Waals surface area contributed by atoms with Crippen LogP contribution in [0.4, 0.5) is 0 Å². The second kappa shape index (κ2) is 21.9. The van der Waals surface area contributed by atoms with Crippen molar-refractivity contribution < 1.29 is 0 Å². The third-order valence-electron chi connectivity index (χ3n) is 12.3. The van der Waals surface area contributed by atoms with Crippen molar-refractivity contribution in [3.05, 3.63) is 129 Å². The fourth-order valence-corrected chi connectivity index (χ4v) is 9.04. The van der Waals surface area contributed by atoms with Crippen LogP contribution < -0.4 is 0 Å². The van der Waals surface area contributed by atoms with E-state index in [0.717, 1.165) is 75.6 Å². The molecule has 6 rings (SSSR count). The van der Waals surface area contributed by atoms with Gasteiger partial charge in [0, 0.05) is 11.4 Å². The predicted octanol–water partition coefficient (Wildman–Crippen LogP) is 13.0. The molecule has 0 saturated heterocycles. The van der Waals surface area contributed by atoms with Crippen LogP contribution in [-0.2, 0) is 62.2 Å². The summed E-state index contributed by atoms with van der Waals surface area (Å²) in [7, 11) is 0. The zero-order valence-corrected chi connectivity index (χ0v) is 35.3. The Morgan fingerprint density at radius 2 is 0.857 bits per heavy atom. The molecule has 2 aliphatic carbocycles. The standard InChI is InChI=1S/2C26H34N2/c2*1-3-5-8-14-22-18-23-16-17-26(20-27,19-21-12-10-7-11-13-21)25(23)28-24(22)15-9-6-4-2/h2*7,10-13,18H,3-6,8-9,14-17,19H2,1-2H3/t2*26-/m00/s1. The quantitative estimate of drug-likeness (QED) is 0.0844. The molecule has 56 heavy (non-hydrogen) atoms. The largest absolute Gasteiger partial charge is 0.256 e. The van der Waals surface area contributed by atoms with Crippen LogP contribution in [0.2, 0.25) is 0 Å². The average molecular weight is 749 g/mol. The maximum atomic E-state index is 10.2. The Morgan fingerprint density at radius 3 is 1.20 bits per heavy atom. The molecule has 2 aromatic heterocycles. The molecular formula is C52H68N4. The number of hydrogen-bond donors (Lipinski definition) is 0. The summed E-state index contributed by atoms with van der Waals surface area (Å²) in [5.41, 5.74) is 11.7. The van der Waals surface area contributed by atoms with E-state index in [0.29, 0.717) is 0 Å². The number of benzene rings is 2. The van der Waals surface area contributed by atoms with E-state index >= 15 is 0 Å². The molecule has 0 bridgehead atoms. The van der Waals surface area contributed by atoms with E-state index in [-0.39, 0.29) is 0 Å². The van der Waals surface area contributed by atoms with Crippen molar-refractivity contribution in [3.8, 4) is 12.1 Å². The third-order valence-corrected chi connectivity index (χ3v) is 12.3. The molecule has 0 fully saturated rings. The number of unbranched alkanes of at least 4 members (excludes halogenated alkanes) is 8. The molecule has 0 radical (unpaired) electrons. The van der Waals surface area contributed by atoms with Crippen molar-refractivity contribution >= 4 is 0 Å². The van der Waals surface area contributed by atoms with Crippen LogP contribution in [0.5, 0.6) is 0 Å². The lowest BCUT2D eigenvalue weighted by atomic mass is 9.80. The molecule has 0 aliphatic heterocycles. The predicted molar refractivity (Wildman–Crippen MR) is 233 cm³/mol. The molecule has 4 aromatic rings. The van der Waals surface area contributed by atoms with Gasteiger partial charge in [-0.25, -0.2) is 0 Å². The molecular weight excluding hydrogens is 681 g/mol. The summed E-state index contributed by atoms with van der Waals surface area (Å²) in [4.78, 5) is 10.4. The molecule has 2 aliphatic rings. The number of fused-ring (bicyclic) bond motifs is 2. The highest BCUT2D eigenvalue weighted by molar-refractivity contribution is 5.46. The zero-order chi connectivity index (χ0) is 39.6. The zero-order valence-electron chi connectivity index (χ0n) is 35.3. The van der Waals surface area contributed by atoms with Gasteiger partial charge < -0.3 is 0 Å². The van der Waals surface area contributed by atoms with E-state index < -0.39 is 10.8 Å². The van der Waals surface area contributed by atoms with Crippen LogP contribution in [0.3, 0.4) is 0 Å². The maximum absolute atomic E-state index is 10.2. The summed E-state index contributed by atoms with van der Waals surface area (Å²) in [6.45, 7) is 9.01. The number of nitriles is 2. The third kappa shape index (κ3) is 11.0. The van der Waals surface area contributed by atoms with E-state index in [1.54, 1.807) is 0 Å². The number of aryl methyl sites for hydroxylation is 6. The Bertz CT molecular complexity index is 1750. The van der Waals surface area contributed by atoms with Crippen molar-refractivity contribution in [3.63, 3.8) is 0 Å². The van der Waals surface area contributed by atoms with Gasteiger partial charge in [0.2, 0.25) is 0 Å². The molecule has 0 spiro atoms. The Balaban J connectivity index is 0.000000214. The number of pyridine rings is 2. The molecule has 2 atom stereocenters. The number of aromatic nitrogens is 2. The molecule has 2 heterocycles. The van der Waals surface area contributed by atoms with Gasteiger partial charge in [0.25, 0.3) is 0 Å². The van der Waals surface area contributed by atoms with E-state index in [1.165, 1.54) is 122 Å². The van der Waals surface area contributed by atoms with Crippen LogP contribution in [0.25, 0.3) is 0 Å². The highest BCUT2D eigenvalue weighted by Crippen LogP contribution is 2.42. The fourth-order valence-electron chi connectivity index (χ4n) is 9.04. The van der Waals surface area contributed by atoms with E-state index in [9.17, 15) is 10.5 Å². The lowest BCUT2D eigenvalue weighted by molar-refractivity contribution is 0.526. The molecule has 0 unspecified atom stereocenters. The topological polar surface area (TPSA) is 73.4 Å². The number of hydrogen-bond acceptors (Lipinski definition) is 4. The summed E-state index contributed by atoms with van der Waals surface area (Å²) in [5.74, 6) is 0. The molecule has 0 amide bonds. The fraction of sp³-hybridized carbons (Fsp3) is 0.538. The first-order chi connectivity index (χ1) is 27.4. The van der Waals surface area contributed by atoms with Gasteiger partial charge in [0.1, 0.15) is 10.8 Å². The van der Waals surface area contributed by atoms with E-state index in [1.807, 2.05) is 12.1 Å². The Labute approximate surface area is 340 Å². The lowest BCUT2D eigenvalue weighted by Gasteiger charge is -2.23. The first-order valence-corrected chi connectivity index (χ1v) is 22.4. The molecule has 2 aromatic carbocycles. The van der Waals surface area contributed by atoms with Gasteiger partial charge >= 0.3 is 0 Å². The first-order valence-electron chi connectivity index (χ1n) is 22.4. The van der Waals surface area contributed by atoms with E-state index in [2.05, 4.69) is 100 Å². The summed E-state index contributed by atoms with van der Waals surface area (Å²) in [6.07, 6.45) is 24.6. The minimum Gasteiger partial charge on any atom is -0.256 e. The summed E-state index contributed by atoms with van der Waals surface area (Å²) in [5, 5.41) is 20.4. The second-order valence-corrected chi connectivity index (χ2v) is 16.7. The van der Waals surface area contributed by atoms with Crippen molar-refractivity contribution in [1.82, 2.24) is 9.97 Å². The summed E-state index contributed by atoms with van der Waals surface area (Å²) >= 11 is 0. The molecule has 0 N–H and O–H groups in total. The Hall–Kier alpha value is -4.28.